The fourth-order valence-corrected chi connectivity index (χ4v) is 4.05. The maximum absolute atomic E-state index is 13.5. The summed E-state index contributed by atoms with van der Waals surface area (Å²) in [5.41, 5.74) is 3.10. The van der Waals surface area contributed by atoms with E-state index >= 15 is 0 Å². The average Bonchev–Trinajstić information content (AvgIpc) is 2.96. The largest absolute Gasteiger partial charge is 0.487 e. The molecule has 1 amide bonds. The molecule has 1 aromatic heterocycles. The number of aromatic nitrogens is 2. The van der Waals surface area contributed by atoms with Gasteiger partial charge in [0.25, 0.3) is 5.91 Å². The van der Waals surface area contributed by atoms with Gasteiger partial charge in [-0.25, -0.2) is 14.4 Å². The summed E-state index contributed by atoms with van der Waals surface area (Å²) in [4.78, 5) is 28.1. The summed E-state index contributed by atoms with van der Waals surface area (Å²) in [5.74, 6) is 6.16. The first kappa shape index (κ1) is 30.2. The highest BCUT2D eigenvalue weighted by atomic mass is 35.5. The van der Waals surface area contributed by atoms with E-state index in [0.717, 1.165) is 6.54 Å². The summed E-state index contributed by atoms with van der Waals surface area (Å²) >= 11 is 6.48. The molecule has 0 aliphatic heterocycles. The summed E-state index contributed by atoms with van der Waals surface area (Å²) in [6.45, 7) is 2.87. The van der Waals surface area contributed by atoms with Gasteiger partial charge in [-0.05, 0) is 81.0 Å². The second-order valence-electron chi connectivity index (χ2n) is 9.38. The van der Waals surface area contributed by atoms with Crippen molar-refractivity contribution in [1.29, 1.82) is 0 Å². The zero-order valence-electron chi connectivity index (χ0n) is 23.4. The molecule has 0 bridgehead atoms. The number of carbonyl (C=O) groups is 1. The van der Waals surface area contributed by atoms with Gasteiger partial charge in [0.1, 0.15) is 30.3 Å². The molecule has 3 aromatic carbocycles. The minimum atomic E-state index is -0.326. The Morgan fingerprint density at radius 2 is 1.98 bits per heavy atom. The van der Waals surface area contributed by atoms with Gasteiger partial charge in [0.05, 0.1) is 10.5 Å². The first-order valence-corrected chi connectivity index (χ1v) is 13.4. The third-order valence-electron chi connectivity index (χ3n) is 5.86. The van der Waals surface area contributed by atoms with Crippen molar-refractivity contribution in [2.24, 2.45) is 5.16 Å². The number of benzene rings is 3. The standard InChI is InChI=1S/C31H30ClFN6O3/c1-4-6-27(38-42-19-30(40)34-13-14-39(2)3)22-9-11-28-25(16-22)31(36-20-35-28)37-24-10-12-29(26(32)17-24)41-18-21-7-5-8-23(33)15-21/h5,7-12,15-17,20H,13-14,18-19H2,1-3H3,(H,34,40)(H,35,36,37)/b38-27+. The molecule has 42 heavy (non-hydrogen) atoms. The number of nitrogens with zero attached hydrogens (tertiary/aromatic N) is 4. The summed E-state index contributed by atoms with van der Waals surface area (Å²) in [5, 5.41) is 11.3. The number of amides is 1. The Kier molecular flexibility index (Phi) is 10.6. The number of oxime groups is 1. The number of fused-ring (bicyclic) bond motifs is 1. The Labute approximate surface area is 248 Å². The van der Waals surface area contributed by atoms with Crippen molar-refractivity contribution in [3.05, 3.63) is 89.0 Å². The van der Waals surface area contributed by atoms with Gasteiger partial charge in [-0.15, -0.1) is 0 Å². The quantitative estimate of drug-likeness (QED) is 0.134. The van der Waals surface area contributed by atoms with Crippen molar-refractivity contribution < 1.29 is 18.8 Å². The zero-order valence-corrected chi connectivity index (χ0v) is 24.2. The number of hydrogen-bond acceptors (Lipinski definition) is 8. The molecule has 0 aliphatic carbocycles. The zero-order chi connectivity index (χ0) is 29.9. The number of hydrogen-bond donors (Lipinski definition) is 2. The number of likely N-dealkylation sites (N-methyl/N-ethyl adjacent to an activating group) is 1. The molecule has 0 atom stereocenters. The molecule has 4 rings (SSSR count). The minimum absolute atomic E-state index is 0.180. The lowest BCUT2D eigenvalue weighted by Gasteiger charge is -2.12. The normalized spacial score (nSPS) is 11.1. The topological polar surface area (TPSA) is 101 Å². The lowest BCUT2D eigenvalue weighted by molar-refractivity contribution is -0.125. The van der Waals surface area contributed by atoms with Gasteiger partial charge in [0.2, 0.25) is 0 Å². The summed E-state index contributed by atoms with van der Waals surface area (Å²) in [7, 11) is 3.86. The van der Waals surface area contributed by atoms with Crippen LogP contribution in [0.3, 0.4) is 0 Å². The van der Waals surface area contributed by atoms with Crippen LogP contribution in [0.25, 0.3) is 10.9 Å². The molecule has 0 aliphatic rings. The van der Waals surface area contributed by atoms with Crippen LogP contribution in [0, 0.1) is 17.7 Å². The van der Waals surface area contributed by atoms with Gasteiger partial charge in [0.15, 0.2) is 12.3 Å². The predicted octanol–water partition coefficient (Wildman–Crippen LogP) is 5.17. The van der Waals surface area contributed by atoms with E-state index < -0.39 is 0 Å². The van der Waals surface area contributed by atoms with Crippen LogP contribution in [-0.4, -0.2) is 60.3 Å². The van der Waals surface area contributed by atoms with E-state index in [9.17, 15) is 9.18 Å². The van der Waals surface area contributed by atoms with Crippen LogP contribution in [-0.2, 0) is 16.2 Å². The number of anilines is 2. The summed E-state index contributed by atoms with van der Waals surface area (Å²) in [6, 6.07) is 16.9. The number of ether oxygens (including phenoxy) is 1. The highest BCUT2D eigenvalue weighted by Crippen LogP contribution is 2.31. The second-order valence-corrected chi connectivity index (χ2v) is 9.79. The van der Waals surface area contributed by atoms with E-state index in [-0.39, 0.29) is 24.9 Å². The van der Waals surface area contributed by atoms with E-state index in [1.165, 1.54) is 18.5 Å². The molecule has 0 spiro atoms. The van der Waals surface area contributed by atoms with Crippen LogP contribution in [0.1, 0.15) is 18.1 Å². The smallest absolute Gasteiger partial charge is 0.260 e. The first-order chi connectivity index (χ1) is 20.3. The Morgan fingerprint density at radius 3 is 2.74 bits per heavy atom. The number of carbonyl (C=O) groups excluding carboxylic acids is 1. The molecule has 0 fully saturated rings. The van der Waals surface area contributed by atoms with E-state index in [4.69, 9.17) is 21.2 Å². The van der Waals surface area contributed by atoms with Crippen LogP contribution in [0.4, 0.5) is 15.9 Å². The lowest BCUT2D eigenvalue weighted by Crippen LogP contribution is -2.33. The van der Waals surface area contributed by atoms with E-state index in [0.29, 0.717) is 56.6 Å². The van der Waals surface area contributed by atoms with E-state index in [2.05, 4.69) is 37.6 Å². The molecule has 0 saturated carbocycles. The van der Waals surface area contributed by atoms with Gasteiger partial charge in [-0.2, -0.15) is 0 Å². The van der Waals surface area contributed by atoms with Gasteiger partial charge in [-0.1, -0.05) is 34.8 Å². The number of nitrogens with one attached hydrogen (secondary N) is 2. The Morgan fingerprint density at radius 1 is 1.12 bits per heavy atom. The summed E-state index contributed by atoms with van der Waals surface area (Å²) in [6.07, 6.45) is 1.46. The highest BCUT2D eigenvalue weighted by molar-refractivity contribution is 6.32. The average molecular weight is 589 g/mol. The molecule has 216 valence electrons. The van der Waals surface area contributed by atoms with Crippen molar-refractivity contribution in [2.75, 3.05) is 39.1 Å². The van der Waals surface area contributed by atoms with Crippen LogP contribution < -0.4 is 15.4 Å². The maximum Gasteiger partial charge on any atom is 0.260 e. The van der Waals surface area contributed by atoms with E-state index in [1.807, 2.05) is 37.2 Å². The molecule has 0 radical (unpaired) electrons. The molecule has 9 nitrogen and oxygen atoms in total. The monoisotopic (exact) mass is 588 g/mol. The van der Waals surface area contributed by atoms with Crippen molar-refractivity contribution in [2.45, 2.75) is 13.5 Å². The lowest BCUT2D eigenvalue weighted by atomic mass is 10.1. The van der Waals surface area contributed by atoms with Gasteiger partial charge >= 0.3 is 0 Å². The molecular formula is C31H30ClFN6O3. The van der Waals surface area contributed by atoms with Crippen molar-refractivity contribution in [3.63, 3.8) is 0 Å². The molecule has 0 unspecified atom stereocenters. The second kappa shape index (κ2) is 14.8. The summed E-state index contributed by atoms with van der Waals surface area (Å²) < 4.78 is 19.2. The van der Waals surface area contributed by atoms with Crippen LogP contribution in [0.5, 0.6) is 5.75 Å². The Hall–Kier alpha value is -4.72. The molecule has 4 aromatic rings. The molecule has 1 heterocycles. The van der Waals surface area contributed by atoms with Crippen molar-refractivity contribution in [3.8, 4) is 17.6 Å². The van der Waals surface area contributed by atoms with Crippen LogP contribution in [0.2, 0.25) is 5.02 Å². The van der Waals surface area contributed by atoms with E-state index in [1.54, 1.807) is 37.3 Å². The van der Waals surface area contributed by atoms with Crippen molar-refractivity contribution in [1.82, 2.24) is 20.2 Å². The molecule has 2 N–H and O–H groups in total. The predicted molar refractivity (Wildman–Crippen MR) is 163 cm³/mol. The minimum Gasteiger partial charge on any atom is -0.487 e. The SMILES string of the molecule is CC#C/C(=N\OCC(=O)NCCN(C)C)c1ccc2ncnc(Nc3ccc(OCc4cccc(F)c4)c(Cl)c3)c2c1. The highest BCUT2D eigenvalue weighted by Gasteiger charge is 2.11. The fraction of sp³-hybridized carbons (Fsp3) is 0.226. The first-order valence-electron chi connectivity index (χ1n) is 13.1. The third kappa shape index (κ3) is 8.64. The maximum atomic E-state index is 13.5. The van der Waals surface area contributed by atoms with Crippen molar-refractivity contribution >= 4 is 45.6 Å². The number of rotatable bonds is 12. The Balaban J connectivity index is 1.48. The molecule has 11 heteroatoms. The van der Waals surface area contributed by atoms with Gasteiger partial charge < -0.3 is 25.1 Å². The number of halogens is 2. The molecule has 0 saturated heterocycles. The van der Waals surface area contributed by atoms with Gasteiger partial charge in [0, 0.05) is 29.7 Å². The third-order valence-corrected chi connectivity index (χ3v) is 6.16. The molecular weight excluding hydrogens is 559 g/mol. The van der Waals surface area contributed by atoms with Crippen LogP contribution in [0.15, 0.2) is 72.1 Å². The van der Waals surface area contributed by atoms with Gasteiger partial charge in [-0.3, -0.25) is 4.79 Å². The van der Waals surface area contributed by atoms with Crippen LogP contribution >= 0.6 is 11.6 Å². The Bertz CT molecular complexity index is 1650. The fourth-order valence-electron chi connectivity index (χ4n) is 3.82.